The average Bonchev–Trinajstić information content (AvgIpc) is 2.75. The third-order valence-electron chi connectivity index (χ3n) is 2.70. The summed E-state index contributed by atoms with van der Waals surface area (Å²) in [5.74, 6) is 0.354. The van der Waals surface area contributed by atoms with Gasteiger partial charge in [0.15, 0.2) is 0 Å². The van der Waals surface area contributed by atoms with Crippen LogP contribution in [0.15, 0.2) is 10.7 Å². The van der Waals surface area contributed by atoms with Crippen LogP contribution in [-0.4, -0.2) is 24.0 Å². The largest absolute Gasteiger partial charge is 0.432 e. The number of carbonyl (C=O) groups excluding carboxylic acids is 1. The summed E-state index contributed by atoms with van der Waals surface area (Å²) in [6.07, 6.45) is 1.52. The minimum absolute atomic E-state index is 0.0113. The molecule has 1 fully saturated rings. The van der Waals surface area contributed by atoms with Gasteiger partial charge in [0.05, 0.1) is 11.6 Å². The maximum Gasteiger partial charge on any atom is 0.301 e. The van der Waals surface area contributed by atoms with E-state index in [1.807, 2.05) is 6.92 Å². The van der Waals surface area contributed by atoms with Gasteiger partial charge in [-0.1, -0.05) is 6.92 Å². The van der Waals surface area contributed by atoms with E-state index in [4.69, 9.17) is 4.42 Å². The summed E-state index contributed by atoms with van der Waals surface area (Å²) >= 11 is 0. The molecule has 1 aliphatic heterocycles. The molecule has 1 aromatic heterocycles. The molecular weight excluding hydrogens is 194 g/mol. The summed E-state index contributed by atoms with van der Waals surface area (Å²) in [6.45, 7) is 5.50. The maximum absolute atomic E-state index is 11.8. The minimum Gasteiger partial charge on any atom is -0.432 e. The second-order valence-corrected chi connectivity index (χ2v) is 4.03. The molecule has 82 valence electrons. The van der Waals surface area contributed by atoms with Crippen LogP contribution >= 0.6 is 0 Å². The summed E-state index contributed by atoms with van der Waals surface area (Å²) in [4.78, 5) is 15.8. The van der Waals surface area contributed by atoms with Crippen molar-refractivity contribution in [2.24, 2.45) is 11.8 Å². The number of anilines is 1. The van der Waals surface area contributed by atoms with Gasteiger partial charge >= 0.3 is 6.01 Å². The first-order valence-electron chi connectivity index (χ1n) is 5.10. The van der Waals surface area contributed by atoms with E-state index in [9.17, 15) is 4.79 Å². The lowest BCUT2D eigenvalue weighted by atomic mass is 9.97. The molecule has 1 aromatic rings. The van der Waals surface area contributed by atoms with Crippen molar-refractivity contribution in [1.29, 1.82) is 0 Å². The van der Waals surface area contributed by atoms with Gasteiger partial charge in [-0.2, -0.15) is 4.98 Å². The topological polar surface area (TPSA) is 67.2 Å². The second-order valence-electron chi connectivity index (χ2n) is 4.03. The van der Waals surface area contributed by atoms with Gasteiger partial charge in [0.1, 0.15) is 6.26 Å². The molecule has 0 aliphatic carbocycles. The second kappa shape index (κ2) is 4.02. The molecule has 0 aromatic carbocycles. The molecule has 2 heterocycles. The van der Waals surface area contributed by atoms with Gasteiger partial charge in [-0.15, -0.1) is 0 Å². The van der Waals surface area contributed by atoms with Crippen molar-refractivity contribution in [1.82, 2.24) is 10.3 Å². The lowest BCUT2D eigenvalue weighted by Gasteiger charge is -2.11. The third kappa shape index (κ3) is 2.18. The molecule has 2 rings (SSSR count). The highest BCUT2D eigenvalue weighted by atomic mass is 16.4. The maximum atomic E-state index is 11.8. The molecule has 2 unspecified atom stereocenters. The monoisotopic (exact) mass is 209 g/mol. The number of carbonyl (C=O) groups is 1. The number of rotatable bonds is 2. The number of oxazole rings is 1. The lowest BCUT2D eigenvalue weighted by Crippen LogP contribution is -2.27. The van der Waals surface area contributed by atoms with Gasteiger partial charge in [-0.05, 0) is 19.4 Å². The fraction of sp³-hybridized carbons (Fsp3) is 0.600. The molecule has 0 saturated carbocycles. The first-order chi connectivity index (χ1) is 7.16. The van der Waals surface area contributed by atoms with Crippen molar-refractivity contribution in [2.75, 3.05) is 18.4 Å². The number of hydrogen-bond donors (Lipinski definition) is 2. The van der Waals surface area contributed by atoms with Crippen molar-refractivity contribution in [2.45, 2.75) is 13.8 Å². The van der Waals surface area contributed by atoms with E-state index in [1.54, 1.807) is 0 Å². The molecule has 0 bridgehead atoms. The SMILES string of the molecule is Cc1coc(NC(=O)C2CNCC2C)n1. The van der Waals surface area contributed by atoms with E-state index in [1.165, 1.54) is 6.26 Å². The van der Waals surface area contributed by atoms with Crippen LogP contribution < -0.4 is 10.6 Å². The highest BCUT2D eigenvalue weighted by Crippen LogP contribution is 2.18. The Balaban J connectivity index is 1.97. The Kier molecular flexibility index (Phi) is 2.73. The zero-order valence-corrected chi connectivity index (χ0v) is 8.91. The van der Waals surface area contributed by atoms with Crippen molar-refractivity contribution >= 4 is 11.9 Å². The molecule has 5 heteroatoms. The van der Waals surface area contributed by atoms with Crippen LogP contribution in [-0.2, 0) is 4.79 Å². The fourth-order valence-corrected chi connectivity index (χ4v) is 1.77. The zero-order chi connectivity index (χ0) is 10.8. The lowest BCUT2D eigenvalue weighted by molar-refractivity contribution is -0.120. The number of aryl methyl sites for hydroxylation is 1. The number of hydrogen-bond acceptors (Lipinski definition) is 4. The molecule has 0 radical (unpaired) electrons. The van der Waals surface area contributed by atoms with E-state index in [0.29, 0.717) is 5.92 Å². The molecule has 1 aliphatic rings. The van der Waals surface area contributed by atoms with Crippen LogP contribution in [0.1, 0.15) is 12.6 Å². The van der Waals surface area contributed by atoms with Crippen LogP contribution in [0, 0.1) is 18.8 Å². The highest BCUT2D eigenvalue weighted by Gasteiger charge is 2.30. The fourth-order valence-electron chi connectivity index (χ4n) is 1.77. The molecule has 2 atom stereocenters. The van der Waals surface area contributed by atoms with Crippen LogP contribution in [0.25, 0.3) is 0 Å². The molecule has 15 heavy (non-hydrogen) atoms. The molecule has 1 saturated heterocycles. The highest BCUT2D eigenvalue weighted by molar-refractivity contribution is 5.91. The average molecular weight is 209 g/mol. The number of amides is 1. The van der Waals surface area contributed by atoms with Crippen molar-refractivity contribution < 1.29 is 9.21 Å². The van der Waals surface area contributed by atoms with Crippen molar-refractivity contribution in [3.63, 3.8) is 0 Å². The predicted octanol–water partition coefficient (Wildman–Crippen LogP) is 0.777. The van der Waals surface area contributed by atoms with Gasteiger partial charge in [0.25, 0.3) is 0 Å². The Morgan fingerprint density at radius 2 is 2.47 bits per heavy atom. The zero-order valence-electron chi connectivity index (χ0n) is 8.91. The van der Waals surface area contributed by atoms with Gasteiger partial charge in [-0.3, -0.25) is 10.1 Å². The van der Waals surface area contributed by atoms with Gasteiger partial charge in [-0.25, -0.2) is 0 Å². The Morgan fingerprint density at radius 1 is 1.67 bits per heavy atom. The Labute approximate surface area is 88.3 Å². The summed E-state index contributed by atoms with van der Waals surface area (Å²) in [5.41, 5.74) is 0.767. The van der Waals surface area contributed by atoms with Crippen molar-refractivity contribution in [3.05, 3.63) is 12.0 Å². The van der Waals surface area contributed by atoms with E-state index in [0.717, 1.165) is 18.8 Å². The predicted molar refractivity (Wildman–Crippen MR) is 55.4 cm³/mol. The molecule has 1 amide bonds. The first-order valence-corrected chi connectivity index (χ1v) is 5.10. The van der Waals surface area contributed by atoms with E-state index < -0.39 is 0 Å². The van der Waals surface area contributed by atoms with Crippen LogP contribution in [0.2, 0.25) is 0 Å². The van der Waals surface area contributed by atoms with E-state index in [2.05, 4.69) is 22.5 Å². The first kappa shape index (κ1) is 10.2. The quantitative estimate of drug-likeness (QED) is 0.755. The van der Waals surface area contributed by atoms with Crippen LogP contribution in [0.5, 0.6) is 0 Å². The van der Waals surface area contributed by atoms with E-state index in [-0.39, 0.29) is 17.8 Å². The summed E-state index contributed by atoms with van der Waals surface area (Å²) in [7, 11) is 0. The standard InChI is InChI=1S/C10H15N3O2/c1-6-3-11-4-8(6)9(14)13-10-12-7(2)5-15-10/h5-6,8,11H,3-4H2,1-2H3,(H,12,13,14). The summed E-state index contributed by atoms with van der Waals surface area (Å²) in [5, 5.41) is 5.86. The van der Waals surface area contributed by atoms with Crippen molar-refractivity contribution in [3.8, 4) is 0 Å². The number of nitrogens with one attached hydrogen (secondary N) is 2. The molecule has 2 N–H and O–H groups in total. The molecule has 0 spiro atoms. The summed E-state index contributed by atoms with van der Waals surface area (Å²) < 4.78 is 5.07. The minimum atomic E-state index is -0.0191. The third-order valence-corrected chi connectivity index (χ3v) is 2.70. The van der Waals surface area contributed by atoms with Gasteiger partial charge in [0, 0.05) is 6.54 Å². The number of nitrogens with zero attached hydrogens (tertiary/aromatic N) is 1. The molecular formula is C10H15N3O2. The van der Waals surface area contributed by atoms with Crippen LogP contribution in [0.4, 0.5) is 6.01 Å². The van der Waals surface area contributed by atoms with Gasteiger partial charge in [0.2, 0.25) is 5.91 Å². The Morgan fingerprint density at radius 3 is 3.00 bits per heavy atom. The summed E-state index contributed by atoms with van der Waals surface area (Å²) in [6, 6.07) is 0.289. The Hall–Kier alpha value is -1.36. The Bertz CT molecular complexity index is 361. The number of aromatic nitrogens is 1. The van der Waals surface area contributed by atoms with Crippen LogP contribution in [0.3, 0.4) is 0 Å². The smallest absolute Gasteiger partial charge is 0.301 e. The van der Waals surface area contributed by atoms with E-state index >= 15 is 0 Å². The normalized spacial score (nSPS) is 25.5. The van der Waals surface area contributed by atoms with Gasteiger partial charge < -0.3 is 9.73 Å². The molecule has 5 nitrogen and oxygen atoms in total.